The monoisotopic (exact) mass is 407 g/mol. The number of carbonyl (C=O) groups excluding carboxylic acids is 1. The van der Waals surface area contributed by atoms with Gasteiger partial charge in [0.1, 0.15) is 5.75 Å². The number of nitrogens with zero attached hydrogens (tertiary/aromatic N) is 1. The van der Waals surface area contributed by atoms with E-state index in [0.717, 1.165) is 37.8 Å². The largest absolute Gasteiger partial charge is 0.390 e. The van der Waals surface area contributed by atoms with Gasteiger partial charge in [0.25, 0.3) is 0 Å². The summed E-state index contributed by atoms with van der Waals surface area (Å²) in [7, 11) is -3.53. The van der Waals surface area contributed by atoms with Crippen LogP contribution in [0.15, 0.2) is 24.3 Å². The molecular formula is C21H29NO5S. The summed E-state index contributed by atoms with van der Waals surface area (Å²) in [6, 6.07) is 6.75. The first-order valence-electron chi connectivity index (χ1n) is 10.3. The van der Waals surface area contributed by atoms with Crippen LogP contribution in [0.3, 0.4) is 0 Å². The molecule has 2 aliphatic carbocycles. The highest BCUT2D eigenvalue weighted by Crippen LogP contribution is 2.49. The van der Waals surface area contributed by atoms with E-state index >= 15 is 0 Å². The molecule has 1 saturated heterocycles. The number of hydrogen-bond acceptors (Lipinski definition) is 5. The average molecular weight is 408 g/mol. The third kappa shape index (κ3) is 3.66. The lowest BCUT2D eigenvalue weighted by Gasteiger charge is -2.41. The van der Waals surface area contributed by atoms with Crippen molar-refractivity contribution in [2.75, 3.05) is 11.4 Å². The smallest absolute Gasteiger partial charge is 0.312 e. The van der Waals surface area contributed by atoms with Gasteiger partial charge in [0, 0.05) is 12.2 Å². The van der Waals surface area contributed by atoms with Gasteiger partial charge in [-0.2, -0.15) is 8.42 Å². The highest BCUT2D eigenvalue weighted by Gasteiger charge is 2.51. The van der Waals surface area contributed by atoms with Crippen LogP contribution in [-0.4, -0.2) is 36.8 Å². The first-order chi connectivity index (χ1) is 13.3. The summed E-state index contributed by atoms with van der Waals surface area (Å²) in [6.07, 6.45) is 6.73. The van der Waals surface area contributed by atoms with Crippen molar-refractivity contribution in [3.05, 3.63) is 24.3 Å². The average Bonchev–Trinajstić information content (AvgIpc) is 3.47. The van der Waals surface area contributed by atoms with Crippen LogP contribution in [0.25, 0.3) is 0 Å². The molecule has 3 aliphatic rings. The van der Waals surface area contributed by atoms with Crippen molar-refractivity contribution in [3.8, 4) is 5.75 Å². The van der Waals surface area contributed by atoms with E-state index in [0.29, 0.717) is 38.0 Å². The van der Waals surface area contributed by atoms with E-state index in [1.807, 2.05) is 0 Å². The van der Waals surface area contributed by atoms with Gasteiger partial charge in [-0.25, -0.2) is 0 Å². The molecule has 28 heavy (non-hydrogen) atoms. The molecule has 1 aromatic carbocycles. The summed E-state index contributed by atoms with van der Waals surface area (Å²) in [5.74, 6) is 0.421. The van der Waals surface area contributed by atoms with Crippen molar-refractivity contribution >= 4 is 21.7 Å². The van der Waals surface area contributed by atoms with Gasteiger partial charge in [0.15, 0.2) is 0 Å². The minimum Gasteiger partial charge on any atom is -0.390 e. The van der Waals surface area contributed by atoms with Crippen molar-refractivity contribution in [1.29, 1.82) is 0 Å². The van der Waals surface area contributed by atoms with E-state index in [4.69, 9.17) is 4.18 Å². The van der Waals surface area contributed by atoms with Crippen LogP contribution in [-0.2, 0) is 14.9 Å². The van der Waals surface area contributed by atoms with Gasteiger partial charge in [0.2, 0.25) is 5.91 Å². The van der Waals surface area contributed by atoms with Crippen LogP contribution in [0, 0.1) is 5.41 Å². The first-order valence-corrected chi connectivity index (χ1v) is 11.8. The van der Waals surface area contributed by atoms with Crippen LogP contribution in [0.4, 0.5) is 5.69 Å². The predicted octanol–water partition coefficient (Wildman–Crippen LogP) is 3.39. The molecule has 1 amide bonds. The summed E-state index contributed by atoms with van der Waals surface area (Å²) in [6.45, 7) is 2.74. The normalized spacial score (nSPS) is 30.8. The molecule has 0 radical (unpaired) electrons. The van der Waals surface area contributed by atoms with E-state index in [2.05, 4.69) is 6.92 Å². The summed E-state index contributed by atoms with van der Waals surface area (Å²) >= 11 is 0. The minimum absolute atomic E-state index is 0.130. The van der Waals surface area contributed by atoms with Crippen LogP contribution in [0.5, 0.6) is 5.75 Å². The third-order valence-electron chi connectivity index (χ3n) is 6.66. The molecule has 2 saturated carbocycles. The van der Waals surface area contributed by atoms with E-state index in [9.17, 15) is 18.3 Å². The fourth-order valence-corrected chi connectivity index (χ4v) is 5.91. The highest BCUT2D eigenvalue weighted by atomic mass is 32.2. The maximum atomic E-state index is 13.2. The molecule has 154 valence electrons. The fraction of sp³-hybridized carbons (Fsp3) is 0.667. The van der Waals surface area contributed by atoms with Gasteiger partial charge in [-0.3, -0.25) is 4.79 Å². The third-order valence-corrected chi connectivity index (χ3v) is 8.37. The second-order valence-corrected chi connectivity index (χ2v) is 10.5. The van der Waals surface area contributed by atoms with Crippen LogP contribution < -0.4 is 9.08 Å². The SMILES string of the molecule is CCC[C@]1(O)CC[C@]2(CCN(c3ccc(OS(=O)(=O)C4CC4)cc3)C2=O)CC1. The van der Waals surface area contributed by atoms with E-state index in [-0.39, 0.29) is 16.6 Å². The Bertz CT molecular complexity index is 836. The number of hydrogen-bond donors (Lipinski definition) is 1. The number of benzene rings is 1. The number of amides is 1. The topological polar surface area (TPSA) is 83.9 Å². The number of aliphatic hydroxyl groups is 1. The molecule has 0 aromatic heterocycles. The Morgan fingerprint density at radius 2 is 1.75 bits per heavy atom. The zero-order valence-electron chi connectivity index (χ0n) is 16.4. The Morgan fingerprint density at radius 3 is 2.32 bits per heavy atom. The Kier molecular flexibility index (Phi) is 4.94. The van der Waals surface area contributed by atoms with Crippen molar-refractivity contribution in [2.24, 2.45) is 5.41 Å². The second-order valence-electron chi connectivity index (χ2n) is 8.73. The van der Waals surface area contributed by atoms with Gasteiger partial charge in [-0.05, 0) is 75.6 Å². The molecule has 0 bridgehead atoms. The maximum absolute atomic E-state index is 13.2. The van der Waals surface area contributed by atoms with Gasteiger partial charge in [-0.15, -0.1) is 0 Å². The van der Waals surface area contributed by atoms with E-state index in [1.54, 1.807) is 29.2 Å². The summed E-state index contributed by atoms with van der Waals surface area (Å²) < 4.78 is 29.1. The predicted molar refractivity (Wildman–Crippen MR) is 107 cm³/mol. The zero-order valence-corrected chi connectivity index (χ0v) is 17.2. The molecule has 1 heterocycles. The van der Waals surface area contributed by atoms with Gasteiger partial charge in [0.05, 0.1) is 16.3 Å². The Labute approximate surface area is 167 Å². The number of carbonyl (C=O) groups is 1. The van der Waals surface area contributed by atoms with Crippen LogP contribution in [0.2, 0.25) is 0 Å². The molecule has 0 atom stereocenters. The summed E-state index contributed by atoms with van der Waals surface area (Å²) in [5.41, 5.74) is -0.197. The van der Waals surface area contributed by atoms with E-state index in [1.165, 1.54) is 0 Å². The molecule has 4 rings (SSSR count). The van der Waals surface area contributed by atoms with Gasteiger partial charge in [-0.1, -0.05) is 13.3 Å². The molecule has 1 spiro atoms. The highest BCUT2D eigenvalue weighted by molar-refractivity contribution is 7.88. The van der Waals surface area contributed by atoms with Crippen molar-refractivity contribution < 1.29 is 22.5 Å². The van der Waals surface area contributed by atoms with Crippen LogP contribution in [0.1, 0.15) is 64.7 Å². The number of anilines is 1. The van der Waals surface area contributed by atoms with Gasteiger partial charge >= 0.3 is 10.1 Å². The quantitative estimate of drug-likeness (QED) is 0.731. The molecule has 1 aromatic rings. The standard InChI is InChI=1S/C21H29NO5S/c1-2-9-21(24)12-10-20(11-13-21)14-15-22(19(20)23)16-3-5-17(6-4-16)27-28(25,26)18-7-8-18/h3-6,18,24H,2,7-15H2,1H3/t20-,21+. The van der Waals surface area contributed by atoms with Gasteiger partial charge < -0.3 is 14.2 Å². The fourth-order valence-electron chi connectivity index (χ4n) is 4.68. The molecule has 3 fully saturated rings. The molecular weight excluding hydrogens is 378 g/mol. The lowest BCUT2D eigenvalue weighted by atomic mass is 9.67. The molecule has 7 heteroatoms. The van der Waals surface area contributed by atoms with E-state index < -0.39 is 15.7 Å². The Morgan fingerprint density at radius 1 is 1.11 bits per heavy atom. The molecule has 1 N–H and O–H groups in total. The molecule has 0 unspecified atom stereocenters. The zero-order chi connectivity index (χ0) is 20.0. The maximum Gasteiger partial charge on any atom is 0.312 e. The van der Waals surface area contributed by atoms with Crippen molar-refractivity contribution in [1.82, 2.24) is 0 Å². The first kappa shape index (κ1) is 19.7. The Hall–Kier alpha value is -1.60. The number of rotatable bonds is 6. The lowest BCUT2D eigenvalue weighted by molar-refractivity contribution is -0.130. The van der Waals surface area contributed by atoms with Crippen molar-refractivity contribution in [2.45, 2.75) is 75.6 Å². The second kappa shape index (κ2) is 7.02. The van der Waals surface area contributed by atoms with Crippen LogP contribution >= 0.6 is 0 Å². The Balaban J connectivity index is 1.42. The minimum atomic E-state index is -3.53. The summed E-state index contributed by atoms with van der Waals surface area (Å²) in [5, 5.41) is 10.3. The lowest BCUT2D eigenvalue weighted by Crippen LogP contribution is -2.43. The van der Waals surface area contributed by atoms with Crippen molar-refractivity contribution in [3.63, 3.8) is 0 Å². The summed E-state index contributed by atoms with van der Waals surface area (Å²) in [4.78, 5) is 15.0. The molecule has 1 aliphatic heterocycles. The molecule has 6 nitrogen and oxygen atoms in total.